The van der Waals surface area contributed by atoms with Crippen molar-refractivity contribution in [3.63, 3.8) is 0 Å². The average molecular weight is 671 g/mol. The molecule has 5 aliphatic heterocycles. The van der Waals surface area contributed by atoms with Gasteiger partial charge < -0.3 is 25.8 Å². The highest BCUT2D eigenvalue weighted by atomic mass is 32.2. The van der Waals surface area contributed by atoms with Crippen LogP contribution in [0.2, 0.25) is 0 Å². The van der Waals surface area contributed by atoms with Gasteiger partial charge in [0, 0.05) is 78.2 Å². The minimum absolute atomic E-state index is 0.00483. The SMILES string of the molecule is CC1=C(CCC(=O)O)/C(=C/c2[nH]c(C[C@H]3NC(=O)/C(=C/CS)C3C)c(C)c2CCC(=O)O)N2N[C@@]12CC1NC(=O)[C@H](C)[C@H]1[C@@H]1C[SH+]1. The fourth-order valence-electron chi connectivity index (χ4n) is 7.95. The molecule has 4 saturated heterocycles. The summed E-state index contributed by atoms with van der Waals surface area (Å²) in [5, 5.41) is 28.1. The van der Waals surface area contributed by atoms with Gasteiger partial charge in [0.2, 0.25) is 11.8 Å². The Hall–Kier alpha value is -3.16. The number of carbonyl (C=O) groups is 4. The number of carboxylic acids is 2. The van der Waals surface area contributed by atoms with E-state index in [0.29, 0.717) is 36.7 Å². The maximum absolute atomic E-state index is 12.7. The third kappa shape index (κ3) is 5.90. The average Bonchev–Trinajstić information content (AvgIpc) is 3.87. The van der Waals surface area contributed by atoms with Crippen LogP contribution in [0.3, 0.4) is 0 Å². The molecule has 13 heteroatoms. The maximum Gasteiger partial charge on any atom is 0.303 e. The van der Waals surface area contributed by atoms with E-state index in [1.54, 1.807) is 0 Å². The van der Waals surface area contributed by atoms with E-state index < -0.39 is 17.6 Å². The number of carboxylic acid groups (broad SMARTS) is 2. The second kappa shape index (κ2) is 12.5. The molecule has 1 aromatic rings. The number of hydrogen-bond acceptors (Lipinski definition) is 7. The Morgan fingerprint density at radius 1 is 1.07 bits per heavy atom. The summed E-state index contributed by atoms with van der Waals surface area (Å²) in [7, 11) is 0. The monoisotopic (exact) mass is 670 g/mol. The number of thiol groups is 2. The topological polar surface area (TPSA) is 174 Å². The van der Waals surface area contributed by atoms with Crippen molar-refractivity contribution in [3.8, 4) is 0 Å². The van der Waals surface area contributed by atoms with Crippen LogP contribution in [0, 0.1) is 24.7 Å². The molecule has 2 amide bonds. The molecule has 0 saturated carbocycles. The fourth-order valence-corrected chi connectivity index (χ4v) is 9.22. The molecule has 1 aromatic heterocycles. The molecule has 0 bridgehead atoms. The predicted molar refractivity (Wildman–Crippen MR) is 180 cm³/mol. The molecule has 46 heavy (non-hydrogen) atoms. The molecule has 0 radical (unpaired) electrons. The van der Waals surface area contributed by atoms with E-state index in [-0.39, 0.29) is 54.5 Å². The number of nitrogens with one attached hydrogen (secondary N) is 4. The molecule has 7 atom stereocenters. The van der Waals surface area contributed by atoms with Gasteiger partial charge in [0.05, 0.1) is 5.70 Å². The first-order chi connectivity index (χ1) is 21.9. The van der Waals surface area contributed by atoms with Gasteiger partial charge in [-0.05, 0) is 66.8 Å². The van der Waals surface area contributed by atoms with Crippen molar-refractivity contribution >= 4 is 54.2 Å². The first kappa shape index (κ1) is 32.8. The molecule has 11 nitrogen and oxygen atoms in total. The zero-order valence-corrected chi connectivity index (χ0v) is 28.4. The third-order valence-corrected chi connectivity index (χ3v) is 12.1. The second-order valence-electron chi connectivity index (χ2n) is 13.4. The summed E-state index contributed by atoms with van der Waals surface area (Å²) in [4.78, 5) is 52.3. The zero-order valence-electron chi connectivity index (χ0n) is 26.6. The van der Waals surface area contributed by atoms with Gasteiger partial charge >= 0.3 is 11.9 Å². The number of aliphatic carboxylic acids is 2. The van der Waals surface area contributed by atoms with Gasteiger partial charge in [-0.25, -0.2) is 5.43 Å². The van der Waals surface area contributed by atoms with E-state index >= 15 is 0 Å². The van der Waals surface area contributed by atoms with Gasteiger partial charge in [-0.1, -0.05) is 19.9 Å². The Morgan fingerprint density at radius 2 is 1.76 bits per heavy atom. The summed E-state index contributed by atoms with van der Waals surface area (Å²) >= 11 is 5.66. The van der Waals surface area contributed by atoms with Gasteiger partial charge in [0.1, 0.15) is 5.66 Å². The minimum atomic E-state index is -0.887. The highest BCUT2D eigenvalue weighted by Gasteiger charge is 2.64. The lowest BCUT2D eigenvalue weighted by atomic mass is 9.84. The van der Waals surface area contributed by atoms with E-state index in [2.05, 4.69) is 38.7 Å². The molecule has 5 aliphatic rings. The Morgan fingerprint density at radius 3 is 2.41 bits per heavy atom. The first-order valence-electron chi connectivity index (χ1n) is 16.1. The van der Waals surface area contributed by atoms with Crippen molar-refractivity contribution in [3.05, 3.63) is 51.0 Å². The molecule has 6 heterocycles. The second-order valence-corrected chi connectivity index (χ2v) is 15.1. The molecular weight excluding hydrogens is 627 g/mol. The van der Waals surface area contributed by atoms with Crippen LogP contribution in [0.5, 0.6) is 0 Å². The van der Waals surface area contributed by atoms with Crippen molar-refractivity contribution in [1.29, 1.82) is 0 Å². The number of aromatic amines is 1. The summed E-state index contributed by atoms with van der Waals surface area (Å²) < 4.78 is 0. The summed E-state index contributed by atoms with van der Waals surface area (Å²) in [6, 6.07) is -0.0986. The van der Waals surface area contributed by atoms with Gasteiger partial charge in [-0.2, -0.15) is 12.6 Å². The standard InChI is InChI=1S/C33H43N5O6S2/c1-15-19(5-7-28(39)40)24(34-22(15)11-23-16(2)20(9-10-45)32(44)35-23)12-26-21(6-8-29(41)42)18(4)33(37-38(26)33)13-25-30(27-14-46-27)17(3)31(43)36-25/h9,12,16-17,23,25,27,30,34,37,45H,5-8,10-11,13-14H2,1-4H3,(H,35,44)(H,36,43)(H,39,40)(H,41,42)/p+1/b20-9+,26-12-/t16?,17-,23-,25?,27+,30-,33-,38?/m1/s1. The lowest BCUT2D eigenvalue weighted by Crippen LogP contribution is -2.38. The van der Waals surface area contributed by atoms with E-state index in [1.807, 2.05) is 39.8 Å². The molecular formula is C33H44N5O6S2+. The highest BCUT2D eigenvalue weighted by Crippen LogP contribution is 2.54. The van der Waals surface area contributed by atoms with Crippen LogP contribution in [0.4, 0.5) is 0 Å². The first-order valence-corrected chi connectivity index (χ1v) is 17.9. The molecule has 0 aromatic carbocycles. The molecule has 6 N–H and O–H groups in total. The summed E-state index contributed by atoms with van der Waals surface area (Å²) in [6.45, 7) is 8.08. The number of hydrogen-bond donors (Lipinski definition) is 7. The number of allylic oxidation sites excluding steroid dienone is 1. The van der Waals surface area contributed by atoms with Crippen LogP contribution in [0.25, 0.3) is 6.08 Å². The fraction of sp³-hybridized carbons (Fsp3) is 0.576. The number of aromatic nitrogens is 1. The normalized spacial score (nSPS) is 33.2. The van der Waals surface area contributed by atoms with E-state index in [1.165, 1.54) is 11.8 Å². The predicted octanol–water partition coefficient (Wildman–Crippen LogP) is 2.26. The third-order valence-electron chi connectivity index (χ3n) is 10.8. The van der Waals surface area contributed by atoms with E-state index in [4.69, 9.17) is 0 Å². The molecule has 0 aliphatic carbocycles. The van der Waals surface area contributed by atoms with Crippen molar-refractivity contribution < 1.29 is 29.4 Å². The Kier molecular flexibility index (Phi) is 8.88. The smallest absolute Gasteiger partial charge is 0.303 e. The van der Waals surface area contributed by atoms with Crippen LogP contribution in [-0.4, -0.2) is 78.5 Å². The van der Waals surface area contributed by atoms with Crippen molar-refractivity contribution in [2.45, 2.75) is 89.2 Å². The van der Waals surface area contributed by atoms with Crippen molar-refractivity contribution in [2.24, 2.45) is 17.8 Å². The van der Waals surface area contributed by atoms with Crippen LogP contribution >= 0.6 is 12.6 Å². The number of rotatable bonds is 13. The highest BCUT2D eigenvalue weighted by molar-refractivity contribution is 7.86. The lowest BCUT2D eigenvalue weighted by molar-refractivity contribution is -0.138. The summed E-state index contributed by atoms with van der Waals surface area (Å²) in [5.74, 6) is 0.0911. The largest absolute Gasteiger partial charge is 0.481 e. The molecule has 2 unspecified atom stereocenters. The summed E-state index contributed by atoms with van der Waals surface area (Å²) in [6.07, 6.45) is 5.74. The Labute approximate surface area is 278 Å². The number of carbonyl (C=O) groups excluding carboxylic acids is 2. The quantitative estimate of drug-likeness (QED) is 0.0725. The van der Waals surface area contributed by atoms with Crippen molar-refractivity contribution in [2.75, 3.05) is 11.5 Å². The van der Waals surface area contributed by atoms with E-state index in [9.17, 15) is 29.4 Å². The number of hydrazine groups is 1. The Balaban J connectivity index is 1.34. The molecule has 4 fully saturated rings. The number of nitrogens with zero attached hydrogens (tertiary/aromatic N) is 1. The Bertz CT molecular complexity index is 1580. The summed E-state index contributed by atoms with van der Waals surface area (Å²) in [5.41, 5.74) is 10.3. The van der Waals surface area contributed by atoms with Crippen molar-refractivity contribution in [1.82, 2.24) is 26.1 Å². The van der Waals surface area contributed by atoms with Gasteiger partial charge in [0.15, 0.2) is 11.0 Å². The lowest BCUT2D eigenvalue weighted by Gasteiger charge is -2.21. The van der Waals surface area contributed by atoms with Crippen LogP contribution in [0.1, 0.15) is 69.0 Å². The van der Waals surface area contributed by atoms with Crippen LogP contribution < -0.4 is 16.1 Å². The number of H-pyrrole nitrogens is 1. The van der Waals surface area contributed by atoms with Crippen LogP contribution in [0.15, 0.2) is 28.5 Å². The zero-order chi connectivity index (χ0) is 33.1. The molecule has 0 spiro atoms. The van der Waals surface area contributed by atoms with Gasteiger partial charge in [0.25, 0.3) is 0 Å². The number of amides is 2. The molecule has 6 rings (SSSR count). The van der Waals surface area contributed by atoms with Gasteiger partial charge in [-0.15, -0.1) is 0 Å². The van der Waals surface area contributed by atoms with Crippen LogP contribution in [-0.2, 0) is 43.8 Å². The van der Waals surface area contributed by atoms with E-state index in [0.717, 1.165) is 50.7 Å². The molecule has 248 valence electrons. The minimum Gasteiger partial charge on any atom is -0.481 e. The van der Waals surface area contributed by atoms with Gasteiger partial charge in [-0.3, -0.25) is 24.2 Å². The number of fused-ring (bicyclic) bond motifs is 1. The maximum atomic E-state index is 12.7.